The van der Waals surface area contributed by atoms with Crippen LogP contribution in [0, 0.1) is 0 Å². The Bertz CT molecular complexity index is 1080. The number of aryl methyl sites for hydroxylation is 1. The number of nitrogens with zero attached hydrogens (tertiary/aromatic N) is 5. The summed E-state index contributed by atoms with van der Waals surface area (Å²) in [6.07, 6.45) is -2.42. The highest BCUT2D eigenvalue weighted by atomic mass is 35.5. The van der Waals surface area contributed by atoms with E-state index in [0.717, 1.165) is 10.2 Å². The number of amides is 2. The maximum absolute atomic E-state index is 13.4. The molecule has 0 aliphatic carbocycles. The average Bonchev–Trinajstić information content (AvgIpc) is 3.29. The van der Waals surface area contributed by atoms with Crippen LogP contribution < -0.4 is 4.74 Å². The first kappa shape index (κ1) is 23.2. The lowest BCUT2D eigenvalue weighted by molar-refractivity contribution is -0.129. The summed E-state index contributed by atoms with van der Waals surface area (Å²) in [4.78, 5) is 27.4. The fourth-order valence-electron chi connectivity index (χ4n) is 4.59. The lowest BCUT2D eigenvalue weighted by Crippen LogP contribution is -2.46. The van der Waals surface area contributed by atoms with Crippen molar-refractivity contribution in [2.45, 2.75) is 51.3 Å². The number of carbonyl (C=O) groups is 2. The van der Waals surface area contributed by atoms with Crippen LogP contribution in [0.25, 0.3) is 0 Å². The third-order valence-corrected chi connectivity index (χ3v) is 6.68. The fraction of sp³-hybridized carbons (Fsp3) is 0.524. The van der Waals surface area contributed by atoms with Crippen molar-refractivity contribution in [3.8, 4) is 5.75 Å². The zero-order valence-corrected chi connectivity index (χ0v) is 18.9. The molecule has 0 spiro atoms. The van der Waals surface area contributed by atoms with Crippen LogP contribution in [-0.2, 0) is 24.9 Å². The van der Waals surface area contributed by atoms with Gasteiger partial charge in [0.2, 0.25) is 5.91 Å². The quantitative estimate of drug-likeness (QED) is 0.674. The Morgan fingerprint density at radius 2 is 2.12 bits per heavy atom. The van der Waals surface area contributed by atoms with Crippen LogP contribution in [0.1, 0.15) is 54.7 Å². The molecule has 1 saturated heterocycles. The van der Waals surface area contributed by atoms with Gasteiger partial charge in [-0.2, -0.15) is 0 Å². The van der Waals surface area contributed by atoms with Crippen LogP contribution in [0.2, 0.25) is 5.02 Å². The Kier molecular flexibility index (Phi) is 6.42. The van der Waals surface area contributed by atoms with Gasteiger partial charge in [0, 0.05) is 43.2 Å². The van der Waals surface area contributed by atoms with E-state index in [-0.39, 0.29) is 43.0 Å². The molecule has 0 unspecified atom stereocenters. The average molecular weight is 484 g/mol. The van der Waals surface area contributed by atoms with E-state index < -0.39 is 18.6 Å². The molecule has 2 aliphatic rings. The standard InChI is InChI=1S/C21H24ClF2N5O4/c1-11-3-6-17(30)29(11)9-15-18-12(7-8-28(15)21(31)32)13(22)4-5-16(18)33-10-14-19(20(23)24)27(2)26-25-14/h4-5,11,15,20H,3,6-10H2,1-2H3,(H,31,32)/t11-,15+/m0/s1. The van der Waals surface area contributed by atoms with Gasteiger partial charge in [0.05, 0.1) is 6.04 Å². The summed E-state index contributed by atoms with van der Waals surface area (Å²) in [5, 5.41) is 17.7. The number of hydrogen-bond acceptors (Lipinski definition) is 5. The largest absolute Gasteiger partial charge is 0.487 e. The van der Waals surface area contributed by atoms with Gasteiger partial charge in [0.25, 0.3) is 6.43 Å². The number of benzene rings is 1. The molecule has 33 heavy (non-hydrogen) atoms. The first-order valence-electron chi connectivity index (χ1n) is 10.6. The molecule has 1 N–H and O–H groups in total. The van der Waals surface area contributed by atoms with Crippen molar-refractivity contribution in [2.24, 2.45) is 7.05 Å². The summed E-state index contributed by atoms with van der Waals surface area (Å²) >= 11 is 6.44. The van der Waals surface area contributed by atoms with Crippen molar-refractivity contribution >= 4 is 23.6 Å². The van der Waals surface area contributed by atoms with Gasteiger partial charge in [0.1, 0.15) is 23.7 Å². The molecule has 1 aromatic heterocycles. The van der Waals surface area contributed by atoms with Crippen molar-refractivity contribution in [1.29, 1.82) is 0 Å². The molecule has 2 amide bonds. The second-order valence-corrected chi connectivity index (χ2v) is 8.65. The molecule has 0 bridgehead atoms. The van der Waals surface area contributed by atoms with E-state index in [1.165, 1.54) is 11.9 Å². The van der Waals surface area contributed by atoms with E-state index in [9.17, 15) is 23.5 Å². The maximum Gasteiger partial charge on any atom is 0.407 e. The van der Waals surface area contributed by atoms with E-state index in [0.29, 0.717) is 35.6 Å². The number of ether oxygens (including phenoxy) is 1. The first-order valence-corrected chi connectivity index (χ1v) is 11.0. The number of rotatable bonds is 6. The number of hydrogen-bond donors (Lipinski definition) is 1. The van der Waals surface area contributed by atoms with Gasteiger partial charge in [-0.1, -0.05) is 16.8 Å². The number of carboxylic acid groups (broad SMARTS) is 1. The first-order chi connectivity index (χ1) is 15.7. The number of aromatic nitrogens is 3. The number of halogens is 3. The molecule has 1 aromatic carbocycles. The number of fused-ring (bicyclic) bond motifs is 1. The minimum absolute atomic E-state index is 0.0120. The highest BCUT2D eigenvalue weighted by molar-refractivity contribution is 6.31. The zero-order valence-electron chi connectivity index (χ0n) is 18.2. The van der Waals surface area contributed by atoms with E-state index in [4.69, 9.17) is 16.3 Å². The molecule has 0 saturated carbocycles. The Hall–Kier alpha value is -2.95. The summed E-state index contributed by atoms with van der Waals surface area (Å²) in [5.74, 6) is 0.279. The normalized spacial score (nSPS) is 20.5. The SMILES string of the molecule is C[C@H]1CCC(=O)N1C[C@@H]1c2c(OCc3nnn(C)c3C(F)F)ccc(Cl)c2CCN1C(=O)O. The van der Waals surface area contributed by atoms with Crippen LogP contribution in [0.5, 0.6) is 5.75 Å². The summed E-state index contributed by atoms with van der Waals surface area (Å²) in [6.45, 7) is 2.02. The second-order valence-electron chi connectivity index (χ2n) is 8.25. The predicted molar refractivity (Wildman–Crippen MR) is 113 cm³/mol. The van der Waals surface area contributed by atoms with Gasteiger partial charge in [-0.25, -0.2) is 18.3 Å². The molecule has 2 aliphatic heterocycles. The number of likely N-dealkylation sites (tertiary alicyclic amines) is 1. The molecule has 12 heteroatoms. The van der Waals surface area contributed by atoms with Crippen molar-refractivity contribution in [3.63, 3.8) is 0 Å². The lowest BCUT2D eigenvalue weighted by Gasteiger charge is -2.39. The second kappa shape index (κ2) is 9.12. The Morgan fingerprint density at radius 3 is 2.76 bits per heavy atom. The molecular weight excluding hydrogens is 460 g/mol. The van der Waals surface area contributed by atoms with Gasteiger partial charge < -0.3 is 14.7 Å². The van der Waals surface area contributed by atoms with Gasteiger partial charge in [-0.3, -0.25) is 9.69 Å². The van der Waals surface area contributed by atoms with Crippen molar-refractivity contribution < 1.29 is 28.2 Å². The monoisotopic (exact) mass is 483 g/mol. The Morgan fingerprint density at radius 1 is 1.36 bits per heavy atom. The predicted octanol–water partition coefficient (Wildman–Crippen LogP) is 3.57. The van der Waals surface area contributed by atoms with Crippen LogP contribution >= 0.6 is 11.6 Å². The van der Waals surface area contributed by atoms with E-state index >= 15 is 0 Å². The van der Waals surface area contributed by atoms with Crippen molar-refractivity contribution in [3.05, 3.63) is 39.7 Å². The summed E-state index contributed by atoms with van der Waals surface area (Å²) in [5.41, 5.74) is 0.912. The van der Waals surface area contributed by atoms with Gasteiger partial charge >= 0.3 is 6.09 Å². The maximum atomic E-state index is 13.4. The molecule has 1 fully saturated rings. The van der Waals surface area contributed by atoms with Crippen LogP contribution in [0.15, 0.2) is 12.1 Å². The summed E-state index contributed by atoms with van der Waals surface area (Å²) < 4.78 is 33.7. The van der Waals surface area contributed by atoms with Crippen molar-refractivity contribution in [2.75, 3.05) is 13.1 Å². The molecule has 178 valence electrons. The Labute approximate surface area is 193 Å². The molecule has 3 heterocycles. The molecular formula is C21H24ClF2N5O4. The van der Waals surface area contributed by atoms with Crippen molar-refractivity contribution in [1.82, 2.24) is 24.8 Å². The third kappa shape index (κ3) is 4.33. The van der Waals surface area contributed by atoms with Crippen LogP contribution in [0.3, 0.4) is 0 Å². The summed E-state index contributed by atoms with van der Waals surface area (Å²) in [7, 11) is 1.37. The molecule has 2 atom stereocenters. The minimum atomic E-state index is -2.78. The van der Waals surface area contributed by atoms with Gasteiger partial charge in [0.15, 0.2) is 0 Å². The highest BCUT2D eigenvalue weighted by Crippen LogP contribution is 2.41. The minimum Gasteiger partial charge on any atom is -0.487 e. The molecule has 2 aromatic rings. The Balaban J connectivity index is 1.71. The molecule has 4 rings (SSSR count). The highest BCUT2D eigenvalue weighted by Gasteiger charge is 2.39. The van der Waals surface area contributed by atoms with E-state index in [2.05, 4.69) is 10.3 Å². The summed E-state index contributed by atoms with van der Waals surface area (Å²) in [6, 6.07) is 2.50. The van der Waals surface area contributed by atoms with E-state index in [1.807, 2.05) is 6.92 Å². The number of carbonyl (C=O) groups excluding carboxylic acids is 1. The van der Waals surface area contributed by atoms with Crippen LogP contribution in [0.4, 0.5) is 13.6 Å². The number of alkyl halides is 2. The van der Waals surface area contributed by atoms with Gasteiger partial charge in [-0.05, 0) is 37.5 Å². The molecule has 9 nitrogen and oxygen atoms in total. The molecule has 0 radical (unpaired) electrons. The van der Waals surface area contributed by atoms with E-state index in [1.54, 1.807) is 17.0 Å². The third-order valence-electron chi connectivity index (χ3n) is 6.33. The smallest absolute Gasteiger partial charge is 0.407 e. The van der Waals surface area contributed by atoms with Crippen LogP contribution in [-0.4, -0.2) is 61.0 Å². The fourth-order valence-corrected chi connectivity index (χ4v) is 4.85. The van der Waals surface area contributed by atoms with Gasteiger partial charge in [-0.15, -0.1) is 5.10 Å². The topological polar surface area (TPSA) is 101 Å². The zero-order chi connectivity index (χ0) is 23.9. The lowest BCUT2D eigenvalue weighted by atomic mass is 9.91.